The molecule has 3 aromatic rings. The van der Waals surface area contributed by atoms with E-state index in [1.807, 2.05) is 46.1 Å². The third-order valence-corrected chi connectivity index (χ3v) is 4.96. The molecule has 0 bridgehead atoms. The second kappa shape index (κ2) is 8.63. The topological polar surface area (TPSA) is 102 Å². The van der Waals surface area contributed by atoms with E-state index in [9.17, 15) is 9.59 Å². The van der Waals surface area contributed by atoms with Crippen molar-refractivity contribution in [3.05, 3.63) is 54.6 Å². The number of nitrogens with zero attached hydrogens (tertiary/aromatic N) is 8. The van der Waals surface area contributed by atoms with Gasteiger partial charge in [0.2, 0.25) is 11.8 Å². The summed E-state index contributed by atoms with van der Waals surface area (Å²) >= 11 is 0. The van der Waals surface area contributed by atoms with E-state index in [4.69, 9.17) is 0 Å². The number of tetrazole rings is 1. The first-order valence-corrected chi connectivity index (χ1v) is 9.54. The Morgan fingerprint density at radius 3 is 2.38 bits per heavy atom. The molecule has 0 radical (unpaired) electrons. The maximum atomic E-state index is 12.5. The molecule has 1 saturated heterocycles. The minimum atomic E-state index is -0.0438. The van der Waals surface area contributed by atoms with E-state index in [2.05, 4.69) is 20.6 Å². The van der Waals surface area contributed by atoms with Crippen molar-refractivity contribution >= 4 is 11.8 Å². The number of aromatic nitrogens is 6. The normalized spacial score (nSPS) is 14.2. The quantitative estimate of drug-likeness (QED) is 0.590. The van der Waals surface area contributed by atoms with Crippen LogP contribution < -0.4 is 0 Å². The number of rotatable bonds is 6. The number of amides is 2. The molecule has 0 spiro atoms. The second-order valence-electron chi connectivity index (χ2n) is 6.90. The molecule has 10 heteroatoms. The molecular formula is C19H22N8O2. The van der Waals surface area contributed by atoms with Crippen LogP contribution in [0, 0.1) is 0 Å². The zero-order valence-electron chi connectivity index (χ0n) is 16.0. The Morgan fingerprint density at radius 2 is 1.69 bits per heavy atom. The number of carbonyl (C=O) groups is 2. The lowest BCUT2D eigenvalue weighted by Gasteiger charge is -2.34. The van der Waals surface area contributed by atoms with Crippen molar-refractivity contribution in [1.29, 1.82) is 0 Å². The maximum Gasteiger partial charge on any atom is 0.244 e. The minimum Gasteiger partial charge on any atom is -0.339 e. The Kier molecular flexibility index (Phi) is 5.59. The largest absolute Gasteiger partial charge is 0.339 e. The summed E-state index contributed by atoms with van der Waals surface area (Å²) in [5.74, 6) is 0.0581. The predicted molar refractivity (Wildman–Crippen MR) is 103 cm³/mol. The van der Waals surface area contributed by atoms with Gasteiger partial charge in [0.1, 0.15) is 12.9 Å². The van der Waals surface area contributed by atoms with Gasteiger partial charge in [-0.3, -0.25) is 9.59 Å². The summed E-state index contributed by atoms with van der Waals surface area (Å²) in [7, 11) is 0. The number of hydrogen-bond donors (Lipinski definition) is 0. The van der Waals surface area contributed by atoms with Gasteiger partial charge in [-0.05, 0) is 34.5 Å². The third-order valence-electron chi connectivity index (χ3n) is 4.96. The lowest BCUT2D eigenvalue weighted by Crippen LogP contribution is -2.51. The molecule has 1 fully saturated rings. The molecule has 0 unspecified atom stereocenters. The van der Waals surface area contributed by atoms with Crippen LogP contribution in [0.2, 0.25) is 0 Å². The zero-order valence-corrected chi connectivity index (χ0v) is 16.0. The van der Waals surface area contributed by atoms with Crippen LogP contribution in [0.5, 0.6) is 0 Å². The van der Waals surface area contributed by atoms with Crippen molar-refractivity contribution < 1.29 is 9.59 Å². The van der Waals surface area contributed by atoms with Gasteiger partial charge in [0.25, 0.3) is 0 Å². The first kappa shape index (κ1) is 18.8. The number of aryl methyl sites for hydroxylation is 1. The van der Waals surface area contributed by atoms with Gasteiger partial charge in [0, 0.05) is 38.8 Å². The van der Waals surface area contributed by atoms with Crippen molar-refractivity contribution in [2.24, 2.45) is 0 Å². The molecule has 2 amide bonds. The molecule has 2 aromatic heterocycles. The van der Waals surface area contributed by atoms with Crippen molar-refractivity contribution in [2.45, 2.75) is 19.4 Å². The van der Waals surface area contributed by atoms with Crippen LogP contribution in [0.15, 0.2) is 49.1 Å². The van der Waals surface area contributed by atoms with Gasteiger partial charge in [-0.2, -0.15) is 5.10 Å². The van der Waals surface area contributed by atoms with E-state index in [0.29, 0.717) is 39.0 Å². The summed E-state index contributed by atoms with van der Waals surface area (Å²) in [6.45, 7) is 2.26. The molecule has 4 rings (SSSR count). The minimum absolute atomic E-state index is 0.0438. The molecule has 10 nitrogen and oxygen atoms in total. The molecule has 1 aliphatic heterocycles. The summed E-state index contributed by atoms with van der Waals surface area (Å²) < 4.78 is 3.21. The standard InChI is InChI=1S/C19H22N8O2/c28-18(7-6-16-12-21-27(13-16)17-4-2-1-3-5-17)24-8-10-25(11-9-24)19(29)14-26-15-20-22-23-26/h1-5,12-13,15H,6-11,14H2. The highest BCUT2D eigenvalue weighted by Crippen LogP contribution is 2.11. The number of piperazine rings is 1. The van der Waals surface area contributed by atoms with E-state index >= 15 is 0 Å². The van der Waals surface area contributed by atoms with Crippen molar-refractivity contribution in [1.82, 2.24) is 39.8 Å². The molecule has 29 heavy (non-hydrogen) atoms. The number of benzene rings is 1. The molecule has 3 heterocycles. The first-order chi connectivity index (χ1) is 14.2. The Balaban J connectivity index is 1.23. The molecule has 1 aromatic carbocycles. The van der Waals surface area contributed by atoms with Gasteiger partial charge in [0.15, 0.2) is 0 Å². The smallest absolute Gasteiger partial charge is 0.244 e. The lowest BCUT2D eigenvalue weighted by atomic mass is 10.1. The summed E-state index contributed by atoms with van der Waals surface area (Å²) in [4.78, 5) is 28.4. The highest BCUT2D eigenvalue weighted by Gasteiger charge is 2.24. The molecule has 0 N–H and O–H groups in total. The third kappa shape index (κ3) is 4.65. The molecule has 0 saturated carbocycles. The van der Waals surface area contributed by atoms with Crippen LogP contribution in [0.1, 0.15) is 12.0 Å². The average Bonchev–Trinajstić information content (AvgIpc) is 3.45. The van der Waals surface area contributed by atoms with Crippen LogP contribution in [-0.4, -0.2) is 77.8 Å². The molecule has 1 aliphatic rings. The van der Waals surface area contributed by atoms with Crippen molar-refractivity contribution in [3.63, 3.8) is 0 Å². The maximum absolute atomic E-state index is 12.5. The van der Waals surface area contributed by atoms with Gasteiger partial charge in [-0.15, -0.1) is 5.10 Å². The summed E-state index contributed by atoms with van der Waals surface area (Å²) in [5, 5.41) is 15.1. The van der Waals surface area contributed by atoms with Gasteiger partial charge in [-0.25, -0.2) is 9.36 Å². The number of carbonyl (C=O) groups excluding carboxylic acids is 2. The Morgan fingerprint density at radius 1 is 0.966 bits per heavy atom. The van der Waals surface area contributed by atoms with Crippen LogP contribution >= 0.6 is 0 Å². The SMILES string of the molecule is O=C(CCc1cnn(-c2ccccc2)c1)N1CCN(C(=O)Cn2cnnn2)CC1. The van der Waals surface area contributed by atoms with Gasteiger partial charge in [0.05, 0.1) is 11.9 Å². The highest BCUT2D eigenvalue weighted by molar-refractivity contribution is 5.78. The predicted octanol–water partition coefficient (Wildman–Crippen LogP) is 0.162. The summed E-state index contributed by atoms with van der Waals surface area (Å²) in [6.07, 6.45) is 6.24. The Labute approximate surface area is 167 Å². The van der Waals surface area contributed by atoms with E-state index in [-0.39, 0.29) is 18.4 Å². The van der Waals surface area contributed by atoms with Crippen molar-refractivity contribution in [2.75, 3.05) is 26.2 Å². The fourth-order valence-corrected chi connectivity index (χ4v) is 3.32. The fraction of sp³-hybridized carbons (Fsp3) is 0.368. The molecule has 0 atom stereocenters. The fourth-order valence-electron chi connectivity index (χ4n) is 3.32. The first-order valence-electron chi connectivity index (χ1n) is 9.54. The highest BCUT2D eigenvalue weighted by atomic mass is 16.2. The van der Waals surface area contributed by atoms with Crippen molar-refractivity contribution in [3.8, 4) is 5.69 Å². The van der Waals surface area contributed by atoms with Crippen LogP contribution in [0.4, 0.5) is 0 Å². The van der Waals surface area contributed by atoms with E-state index in [1.54, 1.807) is 11.1 Å². The molecule has 150 valence electrons. The molecular weight excluding hydrogens is 372 g/mol. The monoisotopic (exact) mass is 394 g/mol. The Hall–Kier alpha value is -3.56. The van der Waals surface area contributed by atoms with Crippen LogP contribution in [0.3, 0.4) is 0 Å². The number of para-hydroxylation sites is 1. The summed E-state index contributed by atoms with van der Waals surface area (Å²) in [5.41, 5.74) is 2.02. The number of hydrogen-bond acceptors (Lipinski definition) is 6. The van der Waals surface area contributed by atoms with Crippen LogP contribution in [0.25, 0.3) is 5.69 Å². The Bertz CT molecular complexity index is 946. The second-order valence-corrected chi connectivity index (χ2v) is 6.90. The lowest BCUT2D eigenvalue weighted by molar-refractivity contribution is -0.140. The van der Waals surface area contributed by atoms with E-state index < -0.39 is 0 Å². The average molecular weight is 394 g/mol. The zero-order chi connectivity index (χ0) is 20.1. The van der Waals surface area contributed by atoms with E-state index in [1.165, 1.54) is 11.0 Å². The van der Waals surface area contributed by atoms with E-state index in [0.717, 1.165) is 11.3 Å². The molecule has 0 aliphatic carbocycles. The summed E-state index contributed by atoms with van der Waals surface area (Å²) in [6, 6.07) is 9.87. The van der Waals surface area contributed by atoms with Gasteiger partial charge < -0.3 is 9.80 Å². The van der Waals surface area contributed by atoms with Gasteiger partial charge >= 0.3 is 0 Å². The van der Waals surface area contributed by atoms with Gasteiger partial charge in [-0.1, -0.05) is 18.2 Å². The van der Waals surface area contributed by atoms with Crippen LogP contribution in [-0.2, 0) is 22.6 Å².